The summed E-state index contributed by atoms with van der Waals surface area (Å²) in [6.07, 6.45) is 1.90. The highest BCUT2D eigenvalue weighted by molar-refractivity contribution is 7.84. The number of amides is 1. The Morgan fingerprint density at radius 3 is 2.92 bits per heavy atom. The lowest BCUT2D eigenvalue weighted by atomic mass is 10.0. The molecule has 24 heavy (non-hydrogen) atoms. The molecule has 2 aromatic rings. The summed E-state index contributed by atoms with van der Waals surface area (Å²) in [5.74, 6) is 1.03. The van der Waals surface area contributed by atoms with Crippen LogP contribution in [0.1, 0.15) is 43.5 Å². The fourth-order valence-corrected chi connectivity index (χ4v) is 3.68. The molecule has 0 radical (unpaired) electrons. The Bertz CT molecular complexity index is 757. The van der Waals surface area contributed by atoms with E-state index in [4.69, 9.17) is 4.52 Å². The summed E-state index contributed by atoms with van der Waals surface area (Å²) in [7, 11) is -1.37. The molecule has 1 aliphatic heterocycles. The van der Waals surface area contributed by atoms with Crippen molar-refractivity contribution in [2.75, 3.05) is 17.2 Å². The van der Waals surface area contributed by atoms with Gasteiger partial charge < -0.3 is 9.42 Å². The highest BCUT2D eigenvalue weighted by Gasteiger charge is 2.24. The third-order valence-electron chi connectivity index (χ3n) is 3.98. The Hall–Kier alpha value is -2.02. The van der Waals surface area contributed by atoms with Gasteiger partial charge in [-0.05, 0) is 24.5 Å². The first-order valence-corrected chi connectivity index (χ1v) is 9.59. The van der Waals surface area contributed by atoms with Crippen molar-refractivity contribution >= 4 is 22.4 Å². The highest BCUT2D eigenvalue weighted by atomic mass is 32.2. The zero-order valence-corrected chi connectivity index (χ0v) is 14.7. The van der Waals surface area contributed by atoms with E-state index in [2.05, 4.69) is 10.1 Å². The van der Waals surface area contributed by atoms with E-state index in [0.717, 1.165) is 18.5 Å². The van der Waals surface area contributed by atoms with Crippen LogP contribution >= 0.6 is 0 Å². The molecule has 0 N–H and O–H groups in total. The quantitative estimate of drug-likeness (QED) is 0.830. The lowest BCUT2D eigenvalue weighted by Crippen LogP contribution is -2.38. The number of fused-ring (bicyclic) bond motifs is 1. The highest BCUT2D eigenvalue weighted by Crippen LogP contribution is 2.26. The van der Waals surface area contributed by atoms with Crippen LogP contribution in [0, 0.1) is 0 Å². The minimum atomic E-state index is -1.37. The summed E-state index contributed by atoms with van der Waals surface area (Å²) in [5.41, 5.74) is 2.10. The SMILES string of the molecule is CC(C)c1noc(CS(=O)CC(=O)N2CCCc3ccccc32)n1. The second kappa shape index (κ2) is 7.25. The molecule has 0 bridgehead atoms. The number of aromatic nitrogens is 2. The Balaban J connectivity index is 1.63. The van der Waals surface area contributed by atoms with Crippen LogP contribution in [0.2, 0.25) is 0 Å². The van der Waals surface area contributed by atoms with Gasteiger partial charge in [-0.3, -0.25) is 9.00 Å². The average Bonchev–Trinajstić information content (AvgIpc) is 3.02. The van der Waals surface area contributed by atoms with Crippen molar-refractivity contribution in [3.05, 3.63) is 41.5 Å². The van der Waals surface area contributed by atoms with E-state index >= 15 is 0 Å². The van der Waals surface area contributed by atoms with Gasteiger partial charge in [0.1, 0.15) is 11.5 Å². The molecular formula is C17H21N3O3S. The van der Waals surface area contributed by atoms with Gasteiger partial charge in [0.15, 0.2) is 5.82 Å². The molecule has 7 heteroatoms. The molecule has 0 saturated carbocycles. The predicted molar refractivity (Wildman–Crippen MR) is 92.2 cm³/mol. The maximum Gasteiger partial charge on any atom is 0.239 e. The summed E-state index contributed by atoms with van der Waals surface area (Å²) in [5, 5.41) is 3.85. The lowest BCUT2D eigenvalue weighted by Gasteiger charge is -2.29. The summed E-state index contributed by atoms with van der Waals surface area (Å²) in [6.45, 7) is 4.59. The van der Waals surface area contributed by atoms with Crippen LogP contribution in [0.15, 0.2) is 28.8 Å². The summed E-state index contributed by atoms with van der Waals surface area (Å²) < 4.78 is 17.4. The van der Waals surface area contributed by atoms with Crippen molar-refractivity contribution in [1.29, 1.82) is 0 Å². The number of anilines is 1. The number of aryl methyl sites for hydroxylation is 1. The van der Waals surface area contributed by atoms with E-state index in [1.165, 1.54) is 5.56 Å². The van der Waals surface area contributed by atoms with E-state index in [1.54, 1.807) is 4.90 Å². The third kappa shape index (κ3) is 3.72. The van der Waals surface area contributed by atoms with Gasteiger partial charge in [-0.15, -0.1) is 0 Å². The molecule has 0 spiro atoms. The van der Waals surface area contributed by atoms with E-state index in [-0.39, 0.29) is 23.3 Å². The average molecular weight is 347 g/mol. The van der Waals surface area contributed by atoms with Crippen LogP contribution in [-0.2, 0) is 27.8 Å². The first kappa shape index (κ1) is 16.8. The second-order valence-corrected chi connectivity index (χ2v) is 7.66. The van der Waals surface area contributed by atoms with Crippen LogP contribution in [0.25, 0.3) is 0 Å². The number of carbonyl (C=O) groups is 1. The first-order valence-electron chi connectivity index (χ1n) is 8.10. The third-order valence-corrected chi connectivity index (χ3v) is 5.12. The fourth-order valence-electron chi connectivity index (χ4n) is 2.76. The van der Waals surface area contributed by atoms with Crippen molar-refractivity contribution in [3.8, 4) is 0 Å². The van der Waals surface area contributed by atoms with Gasteiger partial charge in [-0.25, -0.2) is 0 Å². The number of hydrogen-bond acceptors (Lipinski definition) is 5. The van der Waals surface area contributed by atoms with Crippen LogP contribution in [0.4, 0.5) is 5.69 Å². The van der Waals surface area contributed by atoms with Crippen molar-refractivity contribution < 1.29 is 13.5 Å². The second-order valence-electron chi connectivity index (χ2n) is 6.21. The molecule has 128 valence electrons. The van der Waals surface area contributed by atoms with Crippen LogP contribution in [0.5, 0.6) is 0 Å². The zero-order chi connectivity index (χ0) is 17.1. The van der Waals surface area contributed by atoms with Crippen LogP contribution in [0.3, 0.4) is 0 Å². The fraction of sp³-hybridized carbons (Fsp3) is 0.471. The number of para-hydroxylation sites is 1. The molecule has 1 aromatic heterocycles. The number of carbonyl (C=O) groups excluding carboxylic acids is 1. The molecule has 1 aliphatic rings. The molecular weight excluding hydrogens is 326 g/mol. The summed E-state index contributed by atoms with van der Waals surface area (Å²) >= 11 is 0. The van der Waals surface area contributed by atoms with Gasteiger partial charge in [0.05, 0.1) is 0 Å². The van der Waals surface area contributed by atoms with Gasteiger partial charge in [0.2, 0.25) is 11.8 Å². The van der Waals surface area contributed by atoms with Crippen LogP contribution < -0.4 is 4.90 Å². The molecule has 1 amide bonds. The van der Waals surface area contributed by atoms with Gasteiger partial charge in [0, 0.05) is 28.9 Å². The van der Waals surface area contributed by atoms with Crippen molar-refractivity contribution in [2.24, 2.45) is 0 Å². The number of benzene rings is 1. The van der Waals surface area contributed by atoms with Gasteiger partial charge in [-0.1, -0.05) is 37.2 Å². The Morgan fingerprint density at radius 1 is 1.38 bits per heavy atom. The number of hydrogen-bond donors (Lipinski definition) is 0. The maximum atomic E-state index is 12.5. The Labute approximate surface area is 143 Å². The van der Waals surface area contributed by atoms with Gasteiger partial charge in [0.25, 0.3) is 0 Å². The molecule has 0 fully saturated rings. The first-order chi connectivity index (χ1) is 11.5. The maximum absolute atomic E-state index is 12.5. The smallest absolute Gasteiger partial charge is 0.239 e. The Kier molecular flexibility index (Phi) is 5.08. The molecule has 1 aromatic carbocycles. The molecule has 0 aliphatic carbocycles. The van der Waals surface area contributed by atoms with Crippen molar-refractivity contribution in [3.63, 3.8) is 0 Å². The molecule has 1 unspecified atom stereocenters. The monoisotopic (exact) mass is 347 g/mol. The topological polar surface area (TPSA) is 76.3 Å². The normalized spacial score (nSPS) is 15.4. The van der Waals surface area contributed by atoms with E-state index < -0.39 is 10.8 Å². The Morgan fingerprint density at radius 2 is 2.17 bits per heavy atom. The lowest BCUT2D eigenvalue weighted by molar-refractivity contribution is -0.116. The zero-order valence-electron chi connectivity index (χ0n) is 13.9. The van der Waals surface area contributed by atoms with E-state index in [1.807, 2.05) is 38.1 Å². The van der Waals surface area contributed by atoms with E-state index in [9.17, 15) is 9.00 Å². The molecule has 2 heterocycles. The summed E-state index contributed by atoms with van der Waals surface area (Å²) in [4.78, 5) is 18.5. The molecule has 3 rings (SSSR count). The van der Waals surface area contributed by atoms with Gasteiger partial charge in [-0.2, -0.15) is 4.98 Å². The minimum absolute atomic E-state index is 0.0340. The van der Waals surface area contributed by atoms with E-state index in [0.29, 0.717) is 18.3 Å². The number of rotatable bonds is 5. The predicted octanol–water partition coefficient (Wildman–Crippen LogP) is 2.42. The summed E-state index contributed by atoms with van der Waals surface area (Å²) in [6, 6.07) is 7.89. The standard InChI is InChI=1S/C17H21N3O3S/c1-12(2)17-18-15(23-19-17)10-24(22)11-16(21)20-9-5-7-13-6-3-4-8-14(13)20/h3-4,6,8,12H,5,7,9-11H2,1-2H3. The van der Waals surface area contributed by atoms with Gasteiger partial charge >= 0.3 is 0 Å². The van der Waals surface area contributed by atoms with Crippen molar-refractivity contribution in [1.82, 2.24) is 10.1 Å². The molecule has 1 atom stereocenters. The largest absolute Gasteiger partial charge is 0.338 e. The molecule has 0 saturated heterocycles. The molecule has 6 nitrogen and oxygen atoms in total. The van der Waals surface area contributed by atoms with Crippen LogP contribution in [-0.4, -0.2) is 32.6 Å². The van der Waals surface area contributed by atoms with Crippen molar-refractivity contribution in [2.45, 2.75) is 38.4 Å². The number of nitrogens with zero attached hydrogens (tertiary/aromatic N) is 3. The minimum Gasteiger partial charge on any atom is -0.338 e.